The van der Waals surface area contributed by atoms with Crippen molar-refractivity contribution in [3.8, 4) is 0 Å². The SMILES string of the molecule is O=c1nc(N2CCN(c3ccc(F)cc3)CC2)ncn1Cc1cc2cc(Cl)ccc2o1. The molecule has 31 heavy (non-hydrogen) atoms. The van der Waals surface area contributed by atoms with Crippen LogP contribution in [0.2, 0.25) is 5.02 Å². The zero-order valence-corrected chi connectivity index (χ0v) is 17.3. The van der Waals surface area contributed by atoms with Crippen molar-refractivity contribution in [3.05, 3.63) is 81.9 Å². The number of rotatable bonds is 4. The van der Waals surface area contributed by atoms with E-state index in [0.717, 1.165) is 24.2 Å². The van der Waals surface area contributed by atoms with Crippen LogP contribution in [0.4, 0.5) is 16.0 Å². The molecular weight excluding hydrogens is 421 g/mol. The summed E-state index contributed by atoms with van der Waals surface area (Å²) >= 11 is 6.02. The standard InChI is InChI=1S/C22H19ClFN5O2/c23-16-1-6-20-15(11-16)12-19(31-20)13-29-14-25-21(26-22(29)30)28-9-7-27(8-10-28)18-4-2-17(24)3-5-18/h1-6,11-12,14H,7-10,13H2. The molecule has 3 heterocycles. The number of hydrogen-bond donors (Lipinski definition) is 0. The van der Waals surface area contributed by atoms with Gasteiger partial charge in [0.1, 0.15) is 23.5 Å². The maximum absolute atomic E-state index is 13.1. The van der Waals surface area contributed by atoms with Crippen LogP contribution in [0.1, 0.15) is 5.76 Å². The van der Waals surface area contributed by atoms with Crippen LogP contribution in [-0.4, -0.2) is 40.7 Å². The van der Waals surface area contributed by atoms with Crippen molar-refractivity contribution in [3.63, 3.8) is 0 Å². The first-order valence-corrected chi connectivity index (χ1v) is 10.3. The first kappa shape index (κ1) is 19.6. The molecule has 4 aromatic rings. The highest BCUT2D eigenvalue weighted by Gasteiger charge is 2.20. The minimum atomic E-state index is -0.385. The van der Waals surface area contributed by atoms with Gasteiger partial charge in [-0.1, -0.05) is 11.6 Å². The summed E-state index contributed by atoms with van der Waals surface area (Å²) < 4.78 is 20.3. The highest BCUT2D eigenvalue weighted by Crippen LogP contribution is 2.23. The van der Waals surface area contributed by atoms with Crippen molar-refractivity contribution in [2.45, 2.75) is 6.54 Å². The average molecular weight is 440 g/mol. The molecule has 5 rings (SSSR count). The van der Waals surface area contributed by atoms with E-state index < -0.39 is 0 Å². The largest absolute Gasteiger partial charge is 0.459 e. The molecule has 0 amide bonds. The molecule has 2 aromatic carbocycles. The first-order chi connectivity index (χ1) is 15.0. The summed E-state index contributed by atoms with van der Waals surface area (Å²) in [6, 6.07) is 13.7. The zero-order chi connectivity index (χ0) is 21.4. The topological polar surface area (TPSA) is 67.4 Å². The second-order valence-corrected chi connectivity index (χ2v) is 7.85. The summed E-state index contributed by atoms with van der Waals surface area (Å²) in [6.07, 6.45) is 1.50. The van der Waals surface area contributed by atoms with Crippen molar-refractivity contribution >= 4 is 34.2 Å². The van der Waals surface area contributed by atoms with Crippen LogP contribution in [-0.2, 0) is 6.54 Å². The van der Waals surface area contributed by atoms with Crippen molar-refractivity contribution < 1.29 is 8.81 Å². The van der Waals surface area contributed by atoms with Crippen molar-refractivity contribution in [1.29, 1.82) is 0 Å². The van der Waals surface area contributed by atoms with E-state index >= 15 is 0 Å². The van der Waals surface area contributed by atoms with Crippen LogP contribution in [0.5, 0.6) is 0 Å². The number of hydrogen-bond acceptors (Lipinski definition) is 6. The summed E-state index contributed by atoms with van der Waals surface area (Å²) in [5, 5.41) is 1.51. The minimum absolute atomic E-state index is 0.240. The van der Waals surface area contributed by atoms with Gasteiger partial charge in [0.15, 0.2) is 0 Å². The Morgan fingerprint density at radius 3 is 2.48 bits per heavy atom. The van der Waals surface area contributed by atoms with E-state index in [4.69, 9.17) is 16.0 Å². The molecule has 0 saturated carbocycles. The van der Waals surface area contributed by atoms with Gasteiger partial charge in [-0.05, 0) is 48.5 Å². The van der Waals surface area contributed by atoms with Gasteiger partial charge in [-0.2, -0.15) is 4.98 Å². The van der Waals surface area contributed by atoms with Crippen LogP contribution in [0.25, 0.3) is 11.0 Å². The van der Waals surface area contributed by atoms with Crippen molar-refractivity contribution in [1.82, 2.24) is 14.5 Å². The molecular formula is C22H19ClFN5O2. The fourth-order valence-corrected chi connectivity index (χ4v) is 3.92. The number of benzene rings is 2. The van der Waals surface area contributed by atoms with E-state index in [0.29, 0.717) is 35.4 Å². The number of anilines is 2. The Morgan fingerprint density at radius 2 is 1.74 bits per heavy atom. The molecule has 0 N–H and O–H groups in total. The number of furan rings is 1. The van der Waals surface area contributed by atoms with Gasteiger partial charge in [0.2, 0.25) is 5.95 Å². The molecule has 1 fully saturated rings. The van der Waals surface area contributed by atoms with E-state index in [9.17, 15) is 9.18 Å². The molecule has 7 nitrogen and oxygen atoms in total. The van der Waals surface area contributed by atoms with E-state index in [1.165, 1.54) is 23.0 Å². The quantitative estimate of drug-likeness (QED) is 0.484. The molecule has 0 unspecified atom stereocenters. The lowest BCUT2D eigenvalue weighted by Gasteiger charge is -2.36. The van der Waals surface area contributed by atoms with Crippen LogP contribution < -0.4 is 15.5 Å². The molecule has 9 heteroatoms. The Balaban J connectivity index is 1.27. The Hall–Kier alpha value is -3.39. The third-order valence-electron chi connectivity index (χ3n) is 5.36. The van der Waals surface area contributed by atoms with Gasteiger partial charge in [-0.25, -0.2) is 14.2 Å². The van der Waals surface area contributed by atoms with Crippen LogP contribution in [0, 0.1) is 5.82 Å². The maximum Gasteiger partial charge on any atom is 0.352 e. The molecule has 0 aliphatic carbocycles. The third-order valence-corrected chi connectivity index (χ3v) is 5.60. The summed E-state index contributed by atoms with van der Waals surface area (Å²) in [7, 11) is 0. The van der Waals surface area contributed by atoms with Crippen molar-refractivity contribution in [2.24, 2.45) is 0 Å². The van der Waals surface area contributed by atoms with Gasteiger partial charge in [-0.15, -0.1) is 0 Å². The van der Waals surface area contributed by atoms with Crippen LogP contribution in [0.15, 0.2) is 64.1 Å². The van der Waals surface area contributed by atoms with Gasteiger partial charge in [-0.3, -0.25) is 4.57 Å². The average Bonchev–Trinajstić information content (AvgIpc) is 3.17. The van der Waals surface area contributed by atoms with Crippen LogP contribution >= 0.6 is 11.6 Å². The fraction of sp³-hybridized carbons (Fsp3) is 0.227. The molecule has 0 radical (unpaired) electrons. The summed E-state index contributed by atoms with van der Waals surface area (Å²) in [5.74, 6) is 0.794. The molecule has 2 aromatic heterocycles. The van der Waals surface area contributed by atoms with E-state index in [1.807, 2.05) is 17.0 Å². The maximum atomic E-state index is 13.1. The molecule has 158 valence electrons. The summed E-state index contributed by atoms with van der Waals surface area (Å²) in [5.41, 5.74) is 1.30. The van der Waals surface area contributed by atoms with E-state index in [1.54, 1.807) is 24.3 Å². The lowest BCUT2D eigenvalue weighted by Crippen LogP contribution is -2.47. The minimum Gasteiger partial charge on any atom is -0.459 e. The highest BCUT2D eigenvalue weighted by atomic mass is 35.5. The van der Waals surface area contributed by atoms with Gasteiger partial charge < -0.3 is 14.2 Å². The molecule has 1 saturated heterocycles. The van der Waals surface area contributed by atoms with Gasteiger partial charge in [0.25, 0.3) is 0 Å². The number of nitrogens with zero attached hydrogens (tertiary/aromatic N) is 5. The van der Waals surface area contributed by atoms with Crippen LogP contribution in [0.3, 0.4) is 0 Å². The first-order valence-electron chi connectivity index (χ1n) is 9.92. The van der Waals surface area contributed by atoms with Gasteiger partial charge in [0, 0.05) is 42.3 Å². The Morgan fingerprint density at radius 1 is 1.00 bits per heavy atom. The van der Waals surface area contributed by atoms with E-state index in [-0.39, 0.29) is 18.1 Å². The number of halogens is 2. The number of piperazine rings is 1. The molecule has 1 aliphatic rings. The molecule has 0 bridgehead atoms. The van der Waals surface area contributed by atoms with Gasteiger partial charge in [0.05, 0.1) is 6.54 Å². The monoisotopic (exact) mass is 439 g/mol. The second-order valence-electron chi connectivity index (χ2n) is 7.41. The lowest BCUT2D eigenvalue weighted by atomic mass is 10.2. The van der Waals surface area contributed by atoms with Gasteiger partial charge >= 0.3 is 5.69 Å². The predicted octanol–water partition coefficient (Wildman–Crippen LogP) is 3.55. The molecule has 0 atom stereocenters. The number of fused-ring (bicyclic) bond motifs is 1. The second kappa shape index (κ2) is 8.03. The number of aromatic nitrogens is 3. The zero-order valence-electron chi connectivity index (χ0n) is 16.5. The Labute approximate surface area is 182 Å². The molecule has 0 spiro atoms. The fourth-order valence-electron chi connectivity index (χ4n) is 3.74. The Kier molecular flexibility index (Phi) is 5.07. The molecule has 1 aliphatic heterocycles. The Bertz CT molecular complexity index is 1280. The highest BCUT2D eigenvalue weighted by molar-refractivity contribution is 6.31. The van der Waals surface area contributed by atoms with E-state index in [2.05, 4.69) is 14.9 Å². The smallest absolute Gasteiger partial charge is 0.352 e. The predicted molar refractivity (Wildman–Crippen MR) is 117 cm³/mol. The normalized spacial score (nSPS) is 14.4. The third kappa shape index (κ3) is 4.11. The summed E-state index contributed by atoms with van der Waals surface area (Å²) in [4.78, 5) is 25.2. The van der Waals surface area contributed by atoms with Crippen molar-refractivity contribution in [2.75, 3.05) is 36.0 Å². The lowest BCUT2D eigenvalue weighted by molar-refractivity contribution is 0.515. The summed E-state index contributed by atoms with van der Waals surface area (Å²) in [6.45, 7) is 3.05.